The van der Waals surface area contributed by atoms with E-state index in [0.717, 1.165) is 36.5 Å². The lowest BCUT2D eigenvalue weighted by Crippen LogP contribution is -2.39. The molecule has 0 N–H and O–H groups in total. The Kier molecular flexibility index (Phi) is 5.13. The predicted molar refractivity (Wildman–Crippen MR) is 120 cm³/mol. The van der Waals surface area contributed by atoms with Crippen LogP contribution in [-0.4, -0.2) is 51.4 Å². The number of carbonyl (C=O) groups is 1. The number of aromatic nitrogens is 4. The molecule has 0 aliphatic carbocycles. The molecule has 1 fully saturated rings. The van der Waals surface area contributed by atoms with Crippen molar-refractivity contribution >= 4 is 29.2 Å². The highest BCUT2D eigenvalue weighted by Gasteiger charge is 2.37. The monoisotopic (exact) mass is 436 g/mol. The Hall–Kier alpha value is -2.94. The molecule has 160 valence electrons. The summed E-state index contributed by atoms with van der Waals surface area (Å²) < 4.78 is 5.37. The Morgan fingerprint density at radius 3 is 2.90 bits per heavy atom. The summed E-state index contributed by atoms with van der Waals surface area (Å²) in [4.78, 5) is 31.2. The summed E-state index contributed by atoms with van der Waals surface area (Å²) in [5, 5.41) is 4.81. The summed E-state index contributed by atoms with van der Waals surface area (Å²) in [6, 6.07) is 8.00. The minimum atomic E-state index is -0.0785. The standard InChI is InChI=1S/C22H24N6O2S/c1-13(2)20-24-18(26-30-20)14-6-4-7-15(10-14)28-12-16-8-5-9-27(16)19-17(21(28)29)11-23-22(25-19)31-3/h4,6-7,10-11,13,16H,5,8-9,12H2,1-3H3. The molecule has 9 heteroatoms. The fourth-order valence-electron chi connectivity index (χ4n) is 4.19. The molecular weight excluding hydrogens is 412 g/mol. The van der Waals surface area contributed by atoms with Crippen LogP contribution in [0.15, 0.2) is 40.1 Å². The van der Waals surface area contributed by atoms with E-state index in [1.165, 1.54) is 11.8 Å². The second-order valence-corrected chi connectivity index (χ2v) is 8.93. The number of anilines is 2. The lowest BCUT2D eigenvalue weighted by molar-refractivity contribution is 0.0988. The van der Waals surface area contributed by atoms with Gasteiger partial charge in [0.25, 0.3) is 5.91 Å². The third-order valence-electron chi connectivity index (χ3n) is 5.80. The Bertz CT molecular complexity index is 1130. The molecule has 5 rings (SSSR count). The molecule has 1 saturated heterocycles. The van der Waals surface area contributed by atoms with Gasteiger partial charge in [0.05, 0.1) is 0 Å². The third-order valence-corrected chi connectivity index (χ3v) is 6.36. The van der Waals surface area contributed by atoms with Gasteiger partial charge in [0.1, 0.15) is 11.4 Å². The Labute approximate surface area is 185 Å². The van der Waals surface area contributed by atoms with E-state index >= 15 is 0 Å². The first-order valence-electron chi connectivity index (χ1n) is 10.5. The van der Waals surface area contributed by atoms with Crippen molar-refractivity contribution < 1.29 is 9.32 Å². The smallest absolute Gasteiger partial charge is 0.263 e. The van der Waals surface area contributed by atoms with Crippen molar-refractivity contribution in [1.29, 1.82) is 0 Å². The second-order valence-electron chi connectivity index (χ2n) is 8.16. The maximum atomic E-state index is 13.6. The molecule has 0 bridgehead atoms. The molecule has 2 aliphatic heterocycles. The topological polar surface area (TPSA) is 88.2 Å². The number of nitrogens with zero attached hydrogens (tertiary/aromatic N) is 6. The van der Waals surface area contributed by atoms with Crippen LogP contribution in [0.4, 0.5) is 11.5 Å². The van der Waals surface area contributed by atoms with Crippen LogP contribution in [0.25, 0.3) is 11.4 Å². The number of amides is 1. The van der Waals surface area contributed by atoms with Gasteiger partial charge in [0, 0.05) is 42.5 Å². The number of hydrogen-bond acceptors (Lipinski definition) is 8. The quantitative estimate of drug-likeness (QED) is 0.448. The second kappa shape index (κ2) is 7.96. The highest BCUT2D eigenvalue weighted by atomic mass is 32.2. The Balaban J connectivity index is 1.54. The van der Waals surface area contributed by atoms with E-state index < -0.39 is 0 Å². The Morgan fingerprint density at radius 2 is 2.13 bits per heavy atom. The minimum Gasteiger partial charge on any atom is -0.351 e. The number of benzene rings is 1. The molecule has 31 heavy (non-hydrogen) atoms. The molecule has 0 saturated carbocycles. The molecule has 0 spiro atoms. The first-order valence-corrected chi connectivity index (χ1v) is 11.7. The van der Waals surface area contributed by atoms with Crippen LogP contribution in [0.1, 0.15) is 48.9 Å². The predicted octanol–water partition coefficient (Wildman–Crippen LogP) is 4.00. The highest BCUT2D eigenvalue weighted by molar-refractivity contribution is 7.98. The number of fused-ring (bicyclic) bond motifs is 3. The van der Waals surface area contributed by atoms with Crippen LogP contribution < -0.4 is 9.80 Å². The molecular formula is C22H24N6O2S. The molecule has 2 aromatic heterocycles. The molecule has 1 atom stereocenters. The van der Waals surface area contributed by atoms with Gasteiger partial charge in [-0.1, -0.05) is 42.9 Å². The van der Waals surface area contributed by atoms with Crippen LogP contribution in [0.5, 0.6) is 0 Å². The van der Waals surface area contributed by atoms with Crippen LogP contribution in [0, 0.1) is 0 Å². The molecule has 2 aliphatic rings. The number of rotatable bonds is 4. The fourth-order valence-corrected chi connectivity index (χ4v) is 4.53. The van der Waals surface area contributed by atoms with E-state index in [1.54, 1.807) is 6.20 Å². The number of hydrogen-bond donors (Lipinski definition) is 0. The zero-order valence-electron chi connectivity index (χ0n) is 17.8. The molecule has 1 unspecified atom stereocenters. The molecule has 1 amide bonds. The largest absolute Gasteiger partial charge is 0.351 e. The van der Waals surface area contributed by atoms with E-state index in [9.17, 15) is 4.79 Å². The number of carbonyl (C=O) groups excluding carboxylic acids is 1. The maximum absolute atomic E-state index is 13.6. The zero-order chi connectivity index (χ0) is 21.5. The van der Waals surface area contributed by atoms with Crippen molar-refractivity contribution in [3.8, 4) is 11.4 Å². The van der Waals surface area contributed by atoms with Crippen molar-refractivity contribution in [2.24, 2.45) is 0 Å². The summed E-state index contributed by atoms with van der Waals surface area (Å²) in [6.07, 6.45) is 5.74. The Morgan fingerprint density at radius 1 is 1.26 bits per heavy atom. The average molecular weight is 437 g/mol. The van der Waals surface area contributed by atoms with Gasteiger partial charge in [0.2, 0.25) is 11.7 Å². The van der Waals surface area contributed by atoms with E-state index in [0.29, 0.717) is 29.0 Å². The lowest BCUT2D eigenvalue weighted by atomic mass is 10.1. The molecule has 0 radical (unpaired) electrons. The summed E-state index contributed by atoms with van der Waals surface area (Å²) in [5.74, 6) is 1.97. The van der Waals surface area contributed by atoms with E-state index in [-0.39, 0.29) is 17.9 Å². The zero-order valence-corrected chi connectivity index (χ0v) is 18.6. The van der Waals surface area contributed by atoms with Gasteiger partial charge in [-0.3, -0.25) is 4.79 Å². The SMILES string of the molecule is CSc1ncc2c(n1)N1CCCC1CN(c1cccc(-c3noc(C(C)C)n3)c1)C2=O. The summed E-state index contributed by atoms with van der Waals surface area (Å²) in [7, 11) is 0. The van der Waals surface area contributed by atoms with Crippen LogP contribution in [0.2, 0.25) is 0 Å². The lowest BCUT2D eigenvalue weighted by Gasteiger charge is -2.27. The molecule has 3 aromatic rings. The van der Waals surface area contributed by atoms with E-state index in [4.69, 9.17) is 9.51 Å². The van der Waals surface area contributed by atoms with Gasteiger partial charge in [-0.2, -0.15) is 4.98 Å². The third kappa shape index (κ3) is 3.56. The number of thioether (sulfide) groups is 1. The first kappa shape index (κ1) is 20.0. The first-order chi connectivity index (χ1) is 15.0. The minimum absolute atomic E-state index is 0.0785. The van der Waals surface area contributed by atoms with Gasteiger partial charge in [-0.05, 0) is 31.2 Å². The van der Waals surface area contributed by atoms with Crippen molar-refractivity contribution in [1.82, 2.24) is 20.1 Å². The average Bonchev–Trinajstić information content (AvgIpc) is 3.45. The van der Waals surface area contributed by atoms with Crippen LogP contribution in [0.3, 0.4) is 0 Å². The molecule has 1 aromatic carbocycles. The summed E-state index contributed by atoms with van der Waals surface area (Å²) in [6.45, 7) is 5.54. The van der Waals surface area contributed by atoms with Crippen molar-refractivity contribution in [3.63, 3.8) is 0 Å². The molecule has 4 heterocycles. The normalized spacial score (nSPS) is 18.3. The van der Waals surface area contributed by atoms with Crippen molar-refractivity contribution in [2.75, 3.05) is 29.1 Å². The van der Waals surface area contributed by atoms with Crippen molar-refractivity contribution in [3.05, 3.63) is 41.9 Å². The van der Waals surface area contributed by atoms with Crippen LogP contribution in [-0.2, 0) is 0 Å². The van der Waals surface area contributed by atoms with Gasteiger partial charge in [-0.15, -0.1) is 0 Å². The fraction of sp³-hybridized carbons (Fsp3) is 0.409. The van der Waals surface area contributed by atoms with Gasteiger partial charge in [-0.25, -0.2) is 9.97 Å². The van der Waals surface area contributed by atoms with E-state index in [1.807, 2.05) is 49.3 Å². The summed E-state index contributed by atoms with van der Waals surface area (Å²) in [5.41, 5.74) is 2.18. The maximum Gasteiger partial charge on any atom is 0.263 e. The van der Waals surface area contributed by atoms with Gasteiger partial charge >= 0.3 is 0 Å². The summed E-state index contributed by atoms with van der Waals surface area (Å²) >= 11 is 1.49. The highest BCUT2D eigenvalue weighted by Crippen LogP contribution is 2.35. The molecule has 8 nitrogen and oxygen atoms in total. The van der Waals surface area contributed by atoms with Gasteiger partial charge < -0.3 is 14.3 Å². The van der Waals surface area contributed by atoms with E-state index in [2.05, 4.69) is 20.0 Å². The van der Waals surface area contributed by atoms with Crippen LogP contribution >= 0.6 is 11.8 Å². The van der Waals surface area contributed by atoms with Crippen molar-refractivity contribution in [2.45, 2.75) is 43.8 Å². The van der Waals surface area contributed by atoms with Gasteiger partial charge in [0.15, 0.2) is 5.16 Å².